The van der Waals surface area contributed by atoms with Gasteiger partial charge in [-0.1, -0.05) is 158 Å². The fourth-order valence-corrected chi connectivity index (χ4v) is 9.44. The minimum absolute atomic E-state index is 0.731. The van der Waals surface area contributed by atoms with Crippen molar-refractivity contribution in [3.63, 3.8) is 0 Å². The molecule has 0 saturated heterocycles. The number of hydrogen-bond acceptors (Lipinski definition) is 3. The first-order chi connectivity index (χ1) is 27.8. The second-order valence-corrected chi connectivity index (χ2v) is 15.2. The van der Waals surface area contributed by atoms with Crippen molar-refractivity contribution in [1.82, 2.24) is 14.5 Å². The summed E-state index contributed by atoms with van der Waals surface area (Å²) in [6, 6.07) is 71.4. The SMILES string of the molecule is c1ccc(-c2cccc(-c3nc(-c4ccccc4)nc4c3sc3c(-c5cccc(-c6ccc7c(c6)c6ccccc6n7-c6ccccc6)c5)cccc34)c2)cc1. The van der Waals surface area contributed by atoms with E-state index in [1.807, 2.05) is 6.07 Å². The van der Waals surface area contributed by atoms with Crippen LogP contribution in [0, 0.1) is 0 Å². The Bertz CT molecular complexity index is 3240. The second-order valence-electron chi connectivity index (χ2n) is 14.2. The molecule has 0 aliphatic heterocycles. The van der Waals surface area contributed by atoms with Crippen LogP contribution < -0.4 is 0 Å². The van der Waals surface area contributed by atoms with Crippen LogP contribution in [-0.4, -0.2) is 14.5 Å². The first-order valence-corrected chi connectivity index (χ1v) is 19.7. The van der Waals surface area contributed by atoms with Crippen LogP contribution in [0.5, 0.6) is 0 Å². The highest BCUT2D eigenvalue weighted by Crippen LogP contribution is 2.44. The summed E-state index contributed by atoms with van der Waals surface area (Å²) in [6.07, 6.45) is 0. The van der Waals surface area contributed by atoms with Crippen molar-refractivity contribution in [2.75, 3.05) is 0 Å². The summed E-state index contributed by atoms with van der Waals surface area (Å²) < 4.78 is 4.67. The van der Waals surface area contributed by atoms with Gasteiger partial charge in [0.25, 0.3) is 0 Å². The number of para-hydroxylation sites is 2. The molecule has 0 amide bonds. The van der Waals surface area contributed by atoms with Crippen LogP contribution in [0.2, 0.25) is 0 Å². The van der Waals surface area contributed by atoms with E-state index >= 15 is 0 Å². The predicted octanol–water partition coefficient (Wildman–Crippen LogP) is 14.3. The molecule has 0 aliphatic rings. The lowest BCUT2D eigenvalue weighted by Gasteiger charge is -2.09. The topological polar surface area (TPSA) is 30.7 Å². The van der Waals surface area contributed by atoms with Gasteiger partial charge in [-0.3, -0.25) is 0 Å². The van der Waals surface area contributed by atoms with Gasteiger partial charge >= 0.3 is 0 Å². The summed E-state index contributed by atoms with van der Waals surface area (Å²) in [7, 11) is 0. The van der Waals surface area contributed by atoms with E-state index in [2.05, 4.69) is 199 Å². The number of nitrogens with zero attached hydrogens (tertiary/aromatic N) is 3. The van der Waals surface area contributed by atoms with E-state index in [0.29, 0.717) is 0 Å². The van der Waals surface area contributed by atoms with Crippen molar-refractivity contribution < 1.29 is 0 Å². The predicted molar refractivity (Wildman–Crippen MR) is 236 cm³/mol. The molecular formula is C52H33N3S. The summed E-state index contributed by atoms with van der Waals surface area (Å²) in [5.41, 5.74) is 14.7. The zero-order valence-electron chi connectivity index (χ0n) is 30.3. The summed E-state index contributed by atoms with van der Waals surface area (Å²) >= 11 is 1.79. The van der Waals surface area contributed by atoms with Gasteiger partial charge in [0.05, 0.1) is 26.9 Å². The number of fused-ring (bicyclic) bond motifs is 6. The van der Waals surface area contributed by atoms with Gasteiger partial charge in [0, 0.05) is 37.7 Å². The van der Waals surface area contributed by atoms with E-state index in [0.717, 1.165) is 49.5 Å². The smallest absolute Gasteiger partial charge is 0.160 e. The Hall–Kier alpha value is -7.14. The van der Waals surface area contributed by atoms with Crippen molar-refractivity contribution >= 4 is 53.4 Å². The molecule has 0 bridgehead atoms. The first-order valence-electron chi connectivity index (χ1n) is 18.9. The van der Waals surface area contributed by atoms with Crippen molar-refractivity contribution in [2.45, 2.75) is 0 Å². The second kappa shape index (κ2) is 13.3. The van der Waals surface area contributed by atoms with Gasteiger partial charge in [0.1, 0.15) is 0 Å². The maximum atomic E-state index is 5.29. The third-order valence-corrected chi connectivity index (χ3v) is 12.0. The molecule has 56 heavy (non-hydrogen) atoms. The normalized spacial score (nSPS) is 11.6. The maximum Gasteiger partial charge on any atom is 0.160 e. The highest BCUT2D eigenvalue weighted by molar-refractivity contribution is 7.26. The molecule has 0 radical (unpaired) electrons. The van der Waals surface area contributed by atoms with Gasteiger partial charge in [-0.25, -0.2) is 9.97 Å². The van der Waals surface area contributed by atoms with Gasteiger partial charge in [-0.2, -0.15) is 0 Å². The van der Waals surface area contributed by atoms with Gasteiger partial charge in [0.2, 0.25) is 0 Å². The van der Waals surface area contributed by atoms with Gasteiger partial charge in [0.15, 0.2) is 5.82 Å². The molecule has 11 aromatic rings. The monoisotopic (exact) mass is 731 g/mol. The van der Waals surface area contributed by atoms with Gasteiger partial charge in [-0.15, -0.1) is 11.3 Å². The van der Waals surface area contributed by atoms with Crippen LogP contribution in [0.3, 0.4) is 0 Å². The average Bonchev–Trinajstić information content (AvgIpc) is 3.83. The molecule has 0 spiro atoms. The zero-order chi connectivity index (χ0) is 37.0. The summed E-state index contributed by atoms with van der Waals surface area (Å²) in [5.74, 6) is 0.731. The molecule has 11 rings (SSSR count). The maximum absolute atomic E-state index is 5.29. The molecule has 4 heteroatoms. The van der Waals surface area contributed by atoms with Crippen molar-refractivity contribution in [3.8, 4) is 61.7 Å². The minimum Gasteiger partial charge on any atom is -0.309 e. The minimum atomic E-state index is 0.731. The Kier molecular flexibility index (Phi) is 7.68. The number of rotatable bonds is 6. The summed E-state index contributed by atoms with van der Waals surface area (Å²) in [6.45, 7) is 0. The molecule has 3 heterocycles. The quantitative estimate of drug-likeness (QED) is 0.170. The number of benzene rings is 8. The fourth-order valence-electron chi connectivity index (χ4n) is 8.16. The Morgan fingerprint density at radius 2 is 0.929 bits per heavy atom. The van der Waals surface area contributed by atoms with Gasteiger partial charge in [-0.05, 0) is 75.8 Å². The Morgan fingerprint density at radius 1 is 0.357 bits per heavy atom. The highest BCUT2D eigenvalue weighted by Gasteiger charge is 2.20. The Labute approximate surface area is 328 Å². The molecule has 262 valence electrons. The molecule has 0 atom stereocenters. The molecule has 0 unspecified atom stereocenters. The van der Waals surface area contributed by atoms with E-state index in [1.165, 1.54) is 54.3 Å². The van der Waals surface area contributed by atoms with Gasteiger partial charge < -0.3 is 4.57 Å². The van der Waals surface area contributed by atoms with E-state index in [9.17, 15) is 0 Å². The van der Waals surface area contributed by atoms with Crippen molar-refractivity contribution in [3.05, 3.63) is 200 Å². The number of aromatic nitrogens is 3. The average molecular weight is 732 g/mol. The van der Waals surface area contributed by atoms with Crippen LogP contribution in [0.4, 0.5) is 0 Å². The zero-order valence-corrected chi connectivity index (χ0v) is 31.1. The Balaban J connectivity index is 1.07. The molecule has 0 N–H and O–H groups in total. The third-order valence-electron chi connectivity index (χ3n) is 10.8. The lowest BCUT2D eigenvalue weighted by Crippen LogP contribution is -1.93. The van der Waals surface area contributed by atoms with Crippen molar-refractivity contribution in [1.29, 1.82) is 0 Å². The summed E-state index contributed by atoms with van der Waals surface area (Å²) in [5, 5.41) is 3.64. The van der Waals surface area contributed by atoms with Crippen molar-refractivity contribution in [2.24, 2.45) is 0 Å². The van der Waals surface area contributed by atoms with Crippen LogP contribution in [0.25, 0.3) is 104 Å². The third kappa shape index (κ3) is 5.42. The molecule has 0 aliphatic carbocycles. The lowest BCUT2D eigenvalue weighted by atomic mass is 9.97. The summed E-state index contributed by atoms with van der Waals surface area (Å²) in [4.78, 5) is 10.6. The standard InChI is InChI=1S/C52H33N3S/c1-4-15-34(16-5-1)36-19-13-22-40(32-36)48-51-49(54-52(53-48)35-17-6-2-7-18-35)44-27-14-26-42(50(44)56-51)39-21-12-20-37(31-39)38-29-30-47-45(33-38)43-25-10-11-28-46(43)55(47)41-23-8-3-9-24-41/h1-33H. The largest absolute Gasteiger partial charge is 0.309 e. The van der Waals surface area contributed by atoms with Crippen LogP contribution in [0.15, 0.2) is 200 Å². The molecule has 3 nitrogen and oxygen atoms in total. The molecule has 8 aromatic carbocycles. The lowest BCUT2D eigenvalue weighted by molar-refractivity contribution is 1.18. The molecule has 0 fully saturated rings. The number of hydrogen-bond donors (Lipinski definition) is 0. The highest BCUT2D eigenvalue weighted by atomic mass is 32.1. The van der Waals surface area contributed by atoms with Crippen LogP contribution >= 0.6 is 11.3 Å². The van der Waals surface area contributed by atoms with Crippen LogP contribution in [0.1, 0.15) is 0 Å². The van der Waals surface area contributed by atoms with Crippen LogP contribution in [-0.2, 0) is 0 Å². The van der Waals surface area contributed by atoms with E-state index in [1.54, 1.807) is 11.3 Å². The molecule has 3 aromatic heterocycles. The fraction of sp³-hybridized carbons (Fsp3) is 0. The number of thiophene rings is 1. The van der Waals surface area contributed by atoms with E-state index in [-0.39, 0.29) is 0 Å². The van der Waals surface area contributed by atoms with E-state index in [4.69, 9.17) is 9.97 Å². The molecular weight excluding hydrogens is 699 g/mol. The Morgan fingerprint density at radius 3 is 1.73 bits per heavy atom. The molecule has 0 saturated carbocycles. The van der Waals surface area contributed by atoms with E-state index < -0.39 is 0 Å². The first kappa shape index (κ1) is 32.3.